The summed E-state index contributed by atoms with van der Waals surface area (Å²) in [6.07, 6.45) is 0. The van der Waals surface area contributed by atoms with E-state index in [-0.39, 0.29) is 11.7 Å². The SMILES string of the molecule is N#C[C@H](C(=O)c1ccsc1)C(=O)N1CCSCC1. The topological polar surface area (TPSA) is 61.2 Å². The zero-order valence-corrected chi connectivity index (χ0v) is 11.3. The molecular formula is C12H12N2O2S2. The van der Waals surface area contributed by atoms with Crippen molar-refractivity contribution in [3.63, 3.8) is 0 Å². The number of amides is 1. The van der Waals surface area contributed by atoms with Gasteiger partial charge in [-0.15, -0.1) is 0 Å². The zero-order chi connectivity index (χ0) is 13.0. The van der Waals surface area contributed by atoms with E-state index in [9.17, 15) is 9.59 Å². The largest absolute Gasteiger partial charge is 0.339 e. The van der Waals surface area contributed by atoms with Crippen molar-refractivity contribution in [2.45, 2.75) is 0 Å². The van der Waals surface area contributed by atoms with Crippen LogP contribution in [0.4, 0.5) is 0 Å². The van der Waals surface area contributed by atoms with Crippen molar-refractivity contribution in [1.29, 1.82) is 5.26 Å². The van der Waals surface area contributed by atoms with Crippen molar-refractivity contribution < 1.29 is 9.59 Å². The highest BCUT2D eigenvalue weighted by Crippen LogP contribution is 2.17. The Hall–Kier alpha value is -1.32. The average Bonchev–Trinajstić information content (AvgIpc) is 2.94. The van der Waals surface area contributed by atoms with Gasteiger partial charge in [-0.3, -0.25) is 9.59 Å². The summed E-state index contributed by atoms with van der Waals surface area (Å²) in [5.74, 6) is -0.189. The standard InChI is InChI=1S/C12H12N2O2S2/c13-7-10(11(15)9-1-4-18-8-9)12(16)14-2-5-17-6-3-14/h1,4,8,10H,2-3,5-6H2/t10-/m1/s1. The summed E-state index contributed by atoms with van der Waals surface area (Å²) >= 11 is 3.17. The summed E-state index contributed by atoms with van der Waals surface area (Å²) in [6, 6.07) is 3.49. The van der Waals surface area contributed by atoms with Gasteiger partial charge in [0.2, 0.25) is 5.91 Å². The molecule has 4 nitrogen and oxygen atoms in total. The molecule has 1 atom stereocenters. The molecule has 18 heavy (non-hydrogen) atoms. The third-order valence-electron chi connectivity index (χ3n) is 2.77. The minimum absolute atomic E-state index is 0.353. The Bertz CT molecular complexity index is 473. The van der Waals surface area contributed by atoms with Gasteiger partial charge in [0.05, 0.1) is 6.07 Å². The zero-order valence-electron chi connectivity index (χ0n) is 9.67. The van der Waals surface area contributed by atoms with Crippen molar-refractivity contribution in [2.75, 3.05) is 24.6 Å². The fourth-order valence-corrected chi connectivity index (χ4v) is 3.31. The number of hydrogen-bond donors (Lipinski definition) is 0. The maximum Gasteiger partial charge on any atom is 0.248 e. The first-order valence-corrected chi connectivity index (χ1v) is 7.66. The number of thioether (sulfide) groups is 1. The average molecular weight is 280 g/mol. The third kappa shape index (κ3) is 2.74. The lowest BCUT2D eigenvalue weighted by molar-refractivity contribution is -0.132. The van der Waals surface area contributed by atoms with Crippen LogP contribution in [0.5, 0.6) is 0 Å². The molecule has 1 fully saturated rings. The molecule has 1 aromatic heterocycles. The predicted octanol–water partition coefficient (Wildman–Crippen LogP) is 1.65. The van der Waals surface area contributed by atoms with Crippen molar-refractivity contribution in [1.82, 2.24) is 4.90 Å². The van der Waals surface area contributed by atoms with Gasteiger partial charge in [-0.25, -0.2) is 0 Å². The Morgan fingerprint density at radius 2 is 2.11 bits per heavy atom. The highest BCUT2D eigenvalue weighted by Gasteiger charge is 2.32. The van der Waals surface area contributed by atoms with Gasteiger partial charge in [-0.05, 0) is 11.4 Å². The minimum atomic E-state index is -1.19. The number of nitriles is 1. The first-order chi connectivity index (χ1) is 8.74. The second kappa shape index (κ2) is 6.03. The van der Waals surface area contributed by atoms with Crippen molar-refractivity contribution in [2.24, 2.45) is 5.92 Å². The van der Waals surface area contributed by atoms with Crippen LogP contribution in [0.3, 0.4) is 0 Å². The fourth-order valence-electron chi connectivity index (χ4n) is 1.76. The highest BCUT2D eigenvalue weighted by atomic mass is 32.2. The molecule has 0 radical (unpaired) electrons. The van der Waals surface area contributed by atoms with Crippen molar-refractivity contribution >= 4 is 34.8 Å². The Morgan fingerprint density at radius 1 is 1.39 bits per heavy atom. The Labute approximate surface area is 114 Å². The maximum absolute atomic E-state index is 12.1. The van der Waals surface area contributed by atoms with Crippen LogP contribution in [-0.2, 0) is 4.79 Å². The molecule has 0 aliphatic carbocycles. The first kappa shape index (κ1) is 13.1. The summed E-state index contributed by atoms with van der Waals surface area (Å²) in [4.78, 5) is 25.8. The van der Waals surface area contributed by atoms with E-state index in [1.54, 1.807) is 33.5 Å². The Morgan fingerprint density at radius 3 is 2.67 bits per heavy atom. The molecule has 94 valence electrons. The molecule has 1 aliphatic heterocycles. The van der Waals surface area contributed by atoms with E-state index in [4.69, 9.17) is 5.26 Å². The van der Waals surface area contributed by atoms with Crippen LogP contribution >= 0.6 is 23.1 Å². The van der Waals surface area contributed by atoms with E-state index in [0.717, 1.165) is 11.5 Å². The van der Waals surface area contributed by atoms with Gasteiger partial charge in [-0.2, -0.15) is 28.4 Å². The maximum atomic E-state index is 12.1. The lowest BCUT2D eigenvalue weighted by Crippen LogP contribution is -2.43. The molecular weight excluding hydrogens is 268 g/mol. The summed E-state index contributed by atoms with van der Waals surface area (Å²) in [6.45, 7) is 1.25. The first-order valence-electron chi connectivity index (χ1n) is 5.56. The number of hydrogen-bond acceptors (Lipinski definition) is 5. The summed E-state index contributed by atoms with van der Waals surface area (Å²) in [5, 5.41) is 12.5. The minimum Gasteiger partial charge on any atom is -0.339 e. The molecule has 0 saturated carbocycles. The predicted molar refractivity (Wildman–Crippen MR) is 71.7 cm³/mol. The van der Waals surface area contributed by atoms with Gasteiger partial charge >= 0.3 is 0 Å². The molecule has 1 aromatic rings. The quantitative estimate of drug-likeness (QED) is 0.624. The lowest BCUT2D eigenvalue weighted by Gasteiger charge is -2.27. The van der Waals surface area contributed by atoms with Crippen LogP contribution in [-0.4, -0.2) is 41.2 Å². The Balaban J connectivity index is 2.11. The summed E-state index contributed by atoms with van der Waals surface area (Å²) < 4.78 is 0. The number of ketones is 1. The smallest absolute Gasteiger partial charge is 0.248 e. The second-order valence-electron chi connectivity index (χ2n) is 3.88. The van der Waals surface area contributed by atoms with E-state index in [1.807, 2.05) is 6.07 Å². The van der Waals surface area contributed by atoms with Crippen molar-refractivity contribution in [3.8, 4) is 6.07 Å². The molecule has 6 heteroatoms. The molecule has 0 spiro atoms. The van der Waals surface area contributed by atoms with Gasteiger partial charge in [0, 0.05) is 35.5 Å². The van der Waals surface area contributed by atoms with Crippen LogP contribution in [0.1, 0.15) is 10.4 Å². The number of nitrogens with zero attached hydrogens (tertiary/aromatic N) is 2. The van der Waals surface area contributed by atoms with Gasteiger partial charge in [-0.1, -0.05) is 0 Å². The van der Waals surface area contributed by atoms with Gasteiger partial charge in [0.15, 0.2) is 11.7 Å². The van der Waals surface area contributed by atoms with Crippen LogP contribution in [0.15, 0.2) is 16.8 Å². The molecule has 0 bridgehead atoms. The molecule has 1 saturated heterocycles. The molecule has 2 rings (SSSR count). The van der Waals surface area contributed by atoms with Gasteiger partial charge < -0.3 is 4.90 Å². The molecule has 0 N–H and O–H groups in total. The number of carbonyl (C=O) groups is 2. The molecule has 0 unspecified atom stereocenters. The van der Waals surface area contributed by atoms with E-state index in [2.05, 4.69) is 0 Å². The highest BCUT2D eigenvalue weighted by molar-refractivity contribution is 7.99. The van der Waals surface area contributed by atoms with E-state index in [1.165, 1.54) is 11.3 Å². The number of thiophene rings is 1. The van der Waals surface area contributed by atoms with Gasteiger partial charge in [0.25, 0.3) is 0 Å². The van der Waals surface area contributed by atoms with Crippen LogP contribution in [0, 0.1) is 17.2 Å². The van der Waals surface area contributed by atoms with Crippen LogP contribution in [0.2, 0.25) is 0 Å². The van der Waals surface area contributed by atoms with E-state index >= 15 is 0 Å². The normalized spacial score (nSPS) is 16.9. The van der Waals surface area contributed by atoms with Crippen LogP contribution < -0.4 is 0 Å². The third-order valence-corrected chi connectivity index (χ3v) is 4.39. The molecule has 0 aromatic carbocycles. The number of rotatable bonds is 3. The van der Waals surface area contributed by atoms with Crippen LogP contribution in [0.25, 0.3) is 0 Å². The molecule has 1 amide bonds. The van der Waals surface area contributed by atoms with E-state index in [0.29, 0.717) is 18.7 Å². The second-order valence-corrected chi connectivity index (χ2v) is 5.88. The molecule has 1 aliphatic rings. The summed E-state index contributed by atoms with van der Waals surface area (Å²) in [7, 11) is 0. The summed E-state index contributed by atoms with van der Waals surface area (Å²) in [5.41, 5.74) is 0.450. The number of carbonyl (C=O) groups excluding carboxylic acids is 2. The fraction of sp³-hybridized carbons (Fsp3) is 0.417. The van der Waals surface area contributed by atoms with Gasteiger partial charge in [0.1, 0.15) is 0 Å². The lowest BCUT2D eigenvalue weighted by atomic mass is 9.99. The van der Waals surface area contributed by atoms with Crippen molar-refractivity contribution in [3.05, 3.63) is 22.4 Å². The molecule has 2 heterocycles. The Kier molecular flexibility index (Phi) is 4.39. The van der Waals surface area contributed by atoms with E-state index < -0.39 is 5.92 Å². The monoisotopic (exact) mass is 280 g/mol. The number of Topliss-reactive ketones (excluding diaryl/α,β-unsaturated/α-hetero) is 1.